The second-order valence-corrected chi connectivity index (χ2v) is 16.0. The first-order valence-electron chi connectivity index (χ1n) is 11.4. The summed E-state index contributed by atoms with van der Waals surface area (Å²) < 4.78 is 0. The second kappa shape index (κ2) is 15.9. The van der Waals surface area contributed by atoms with E-state index >= 15 is 0 Å². The Morgan fingerprint density at radius 1 is 0.588 bits per heavy atom. The summed E-state index contributed by atoms with van der Waals surface area (Å²) in [5.41, 5.74) is 8.08. The molecule has 0 amide bonds. The molecule has 0 heterocycles. The molecule has 0 saturated heterocycles. The van der Waals surface area contributed by atoms with Crippen molar-refractivity contribution in [2.75, 3.05) is 0 Å². The molecule has 0 aliphatic heterocycles. The van der Waals surface area contributed by atoms with Crippen LogP contribution in [0.1, 0.15) is 55.4 Å². The van der Waals surface area contributed by atoms with Crippen LogP contribution in [-0.2, 0) is 23.0 Å². The molecule has 0 radical (unpaired) electrons. The predicted molar refractivity (Wildman–Crippen MR) is 138 cm³/mol. The molecular weight excluding hydrogens is 638 g/mol. The van der Waals surface area contributed by atoms with Gasteiger partial charge in [0.1, 0.15) is 0 Å². The summed E-state index contributed by atoms with van der Waals surface area (Å²) in [5.74, 6) is 1.12. The van der Waals surface area contributed by atoms with Crippen molar-refractivity contribution in [1.82, 2.24) is 0 Å². The third-order valence-electron chi connectivity index (χ3n) is 6.60. The van der Waals surface area contributed by atoms with Crippen LogP contribution in [-0.4, -0.2) is 5.49 Å². The Hall–Kier alpha value is -0.933. The van der Waals surface area contributed by atoms with E-state index in [2.05, 4.69) is 128 Å². The van der Waals surface area contributed by atoms with Crippen molar-refractivity contribution in [3.8, 4) is 0 Å². The first kappa shape index (κ1) is 33.1. The number of halogens is 2. The van der Waals surface area contributed by atoms with Gasteiger partial charge in [0.2, 0.25) is 0 Å². The molecule has 0 aromatic heterocycles. The van der Waals surface area contributed by atoms with E-state index in [0.29, 0.717) is 11.8 Å². The van der Waals surface area contributed by atoms with Gasteiger partial charge in [0.15, 0.2) is 0 Å². The Morgan fingerprint density at radius 2 is 0.882 bits per heavy atom. The first-order valence-corrected chi connectivity index (χ1v) is 18.3. The molecule has 0 spiro atoms. The minimum atomic E-state index is -0.406. The summed E-state index contributed by atoms with van der Waals surface area (Å²) >= 11 is 1.27. The average Bonchev–Trinajstić information content (AvgIpc) is 3.17. The van der Waals surface area contributed by atoms with Gasteiger partial charge < -0.3 is 24.8 Å². The summed E-state index contributed by atoms with van der Waals surface area (Å²) in [6, 6.07) is 21.8. The molecule has 0 nitrogen and oxygen atoms in total. The van der Waals surface area contributed by atoms with Gasteiger partial charge in [0, 0.05) is 0 Å². The summed E-state index contributed by atoms with van der Waals surface area (Å²) in [4.78, 5) is 0. The van der Waals surface area contributed by atoms with Crippen LogP contribution in [0.2, 0.25) is 0 Å². The van der Waals surface area contributed by atoms with E-state index in [9.17, 15) is 0 Å². The fourth-order valence-corrected chi connectivity index (χ4v) is 8.68. The van der Waals surface area contributed by atoms with Crippen molar-refractivity contribution in [2.24, 2.45) is 11.8 Å². The van der Waals surface area contributed by atoms with E-state index in [1.54, 1.807) is 0 Å². The van der Waals surface area contributed by atoms with Gasteiger partial charge in [0.25, 0.3) is 0 Å². The van der Waals surface area contributed by atoms with Gasteiger partial charge in [0.05, 0.1) is 0 Å². The number of rotatable bonds is 2. The molecule has 180 valence electrons. The van der Waals surface area contributed by atoms with Crippen LogP contribution in [0.25, 0.3) is 0 Å². The number of allylic oxidation sites excluding steroid dienone is 8. The summed E-state index contributed by atoms with van der Waals surface area (Å²) in [6.45, 7) is 17.3. The topological polar surface area (TPSA) is 0 Å². The van der Waals surface area contributed by atoms with Crippen molar-refractivity contribution >= 4 is 15.9 Å². The van der Waals surface area contributed by atoms with E-state index < -0.39 is 5.49 Å². The maximum atomic E-state index is 3.36. The predicted octanol–water partition coefficient (Wildman–Crippen LogP) is 0.791. The molecule has 34 heavy (non-hydrogen) atoms. The molecule has 0 fully saturated rings. The van der Waals surface area contributed by atoms with Crippen LogP contribution < -0.4 is 35.2 Å². The van der Waals surface area contributed by atoms with Gasteiger partial charge in [-0.25, -0.2) is 11.1 Å². The van der Waals surface area contributed by atoms with Crippen LogP contribution in [0.15, 0.2) is 94.1 Å². The monoisotopic (exact) mass is 674 g/mol. The fraction of sp³-hybridized carbons (Fsp3) is 0.333. The molecule has 2 aliphatic rings. The standard InChI is InChI=1S/C12H10Si.2C9H13.2ClH.Hf/c1-3-7-11(8-4-1)13-12-9-5-2-6-10-12;2*1-6-5-7(2)9(4)8(6)3;;;/h1-10H;2*6H,1-4H3;2*1H;/q;2*-1;;;+2/p-2. The van der Waals surface area contributed by atoms with Gasteiger partial charge in [-0.1, -0.05) is 53.4 Å². The summed E-state index contributed by atoms with van der Waals surface area (Å²) in [6.07, 6.45) is 6.72. The first-order chi connectivity index (χ1) is 15.1. The van der Waals surface area contributed by atoms with E-state index in [0.717, 1.165) is 0 Å². The normalized spacial score (nSPS) is 18.4. The van der Waals surface area contributed by atoms with Crippen LogP contribution >= 0.6 is 0 Å². The van der Waals surface area contributed by atoms with E-state index in [4.69, 9.17) is 0 Å². The number of hydrogen-bond acceptors (Lipinski definition) is 0. The molecule has 2 atom stereocenters. The second-order valence-electron chi connectivity index (χ2n) is 8.71. The van der Waals surface area contributed by atoms with Crippen LogP contribution in [0.5, 0.6) is 0 Å². The number of hydrogen-bond donors (Lipinski definition) is 0. The molecule has 2 aromatic rings. The number of benzene rings is 2. The Morgan fingerprint density at radius 3 is 1.06 bits per heavy atom. The van der Waals surface area contributed by atoms with Gasteiger partial charge in [-0.15, -0.1) is 13.8 Å². The molecule has 2 unspecified atom stereocenters. The van der Waals surface area contributed by atoms with Crippen molar-refractivity contribution in [3.63, 3.8) is 0 Å². The zero-order valence-corrected chi connectivity index (χ0v) is 27.8. The molecule has 2 aromatic carbocycles. The van der Waals surface area contributed by atoms with Crippen molar-refractivity contribution in [1.29, 1.82) is 0 Å². The average molecular weight is 674 g/mol. The molecule has 4 rings (SSSR count). The third-order valence-corrected chi connectivity index (χ3v) is 14.6. The van der Waals surface area contributed by atoms with Gasteiger partial charge >= 0.3 is 99.5 Å². The van der Waals surface area contributed by atoms with Crippen molar-refractivity contribution < 1.29 is 47.8 Å². The Kier molecular flexibility index (Phi) is 15.5. The minimum absolute atomic E-state index is 0. The van der Waals surface area contributed by atoms with Gasteiger partial charge in [-0.05, 0) is 0 Å². The summed E-state index contributed by atoms with van der Waals surface area (Å²) in [7, 11) is 0. The van der Waals surface area contributed by atoms with Crippen LogP contribution in [0.3, 0.4) is 0 Å². The Bertz CT molecular complexity index is 978. The van der Waals surface area contributed by atoms with Gasteiger partial charge in [-0.2, -0.15) is 22.3 Å². The van der Waals surface area contributed by atoms with Gasteiger partial charge in [-0.3, -0.25) is 12.2 Å². The molecule has 0 saturated carbocycles. The zero-order valence-electron chi connectivity index (χ0n) is 21.7. The Balaban J connectivity index is 0.000000485. The molecule has 4 heteroatoms. The van der Waals surface area contributed by atoms with Crippen LogP contribution in [0.4, 0.5) is 0 Å². The van der Waals surface area contributed by atoms with E-state index in [-0.39, 0.29) is 24.8 Å². The SMILES string of the molecule is CC1=[C-]C(C)C(C)=C1C.CC1=[C-]C(C)C(C)=C1C.[Cl-].[Cl-].[Hf+2]=[Si](c1ccccc1)c1ccccc1. The van der Waals surface area contributed by atoms with Crippen molar-refractivity contribution in [3.05, 3.63) is 106 Å². The summed E-state index contributed by atoms with van der Waals surface area (Å²) in [5, 5.41) is 3.07. The molecule has 2 aliphatic carbocycles. The maximum absolute atomic E-state index is 3.36. The third kappa shape index (κ3) is 9.26. The molecule has 0 N–H and O–H groups in total. The van der Waals surface area contributed by atoms with E-state index in [1.165, 1.54) is 66.8 Å². The Labute approximate surface area is 235 Å². The van der Waals surface area contributed by atoms with E-state index in [1.807, 2.05) is 0 Å². The van der Waals surface area contributed by atoms with Crippen LogP contribution in [0, 0.1) is 24.0 Å². The zero-order chi connectivity index (χ0) is 23.8. The molecular formula is C30H36Cl2HfSi-2. The fourth-order valence-electron chi connectivity index (χ4n) is 3.70. The quantitative estimate of drug-likeness (QED) is 0.327. The molecule has 0 bridgehead atoms. The van der Waals surface area contributed by atoms with Crippen molar-refractivity contribution in [2.45, 2.75) is 55.4 Å².